The smallest absolute Gasteiger partial charge is 0.291 e. The van der Waals surface area contributed by atoms with Crippen molar-refractivity contribution < 1.29 is 9.21 Å². The van der Waals surface area contributed by atoms with Crippen molar-refractivity contribution in [3.8, 4) is 0 Å². The molecule has 1 aliphatic heterocycles. The van der Waals surface area contributed by atoms with Crippen LogP contribution in [0.5, 0.6) is 0 Å². The van der Waals surface area contributed by atoms with Crippen molar-refractivity contribution in [3.63, 3.8) is 0 Å². The van der Waals surface area contributed by atoms with Crippen LogP contribution in [-0.4, -0.2) is 23.9 Å². The normalized spacial score (nSPS) is 16.9. The number of nitrogens with zero attached hydrogens (tertiary/aromatic N) is 1. The molecule has 0 aliphatic carbocycles. The molecule has 1 unspecified atom stereocenters. The van der Waals surface area contributed by atoms with Gasteiger partial charge in [0.1, 0.15) is 5.00 Å². The third-order valence-corrected chi connectivity index (χ3v) is 7.56. The highest BCUT2D eigenvalue weighted by Crippen LogP contribution is 2.42. The summed E-state index contributed by atoms with van der Waals surface area (Å²) in [6.07, 6.45) is 4.94. The minimum Gasteiger partial charge on any atom is -0.459 e. The largest absolute Gasteiger partial charge is 0.459 e. The fourth-order valence-corrected chi connectivity index (χ4v) is 5.67. The summed E-state index contributed by atoms with van der Waals surface area (Å²) < 4.78 is 5.29. The Hall–Kier alpha value is -1.89. The molecule has 148 valence electrons. The van der Waals surface area contributed by atoms with Gasteiger partial charge in [-0.3, -0.25) is 9.69 Å². The highest BCUT2D eigenvalue weighted by atomic mass is 32.1. The van der Waals surface area contributed by atoms with E-state index in [4.69, 9.17) is 4.42 Å². The molecule has 0 spiro atoms. The second-order valence-corrected chi connectivity index (χ2v) is 9.53. The van der Waals surface area contributed by atoms with Crippen LogP contribution in [0.4, 0.5) is 5.00 Å². The van der Waals surface area contributed by atoms with E-state index in [-0.39, 0.29) is 11.9 Å². The number of rotatable bonds is 6. The van der Waals surface area contributed by atoms with Crippen molar-refractivity contribution in [1.29, 1.82) is 0 Å². The Balaban J connectivity index is 1.69. The van der Waals surface area contributed by atoms with Crippen molar-refractivity contribution in [2.75, 3.05) is 18.4 Å². The van der Waals surface area contributed by atoms with Crippen molar-refractivity contribution >= 4 is 33.6 Å². The molecule has 6 heteroatoms. The molecule has 0 bridgehead atoms. The molecule has 0 radical (unpaired) electrons. The topological polar surface area (TPSA) is 45.5 Å². The molecule has 4 heterocycles. The van der Waals surface area contributed by atoms with E-state index < -0.39 is 0 Å². The minimum atomic E-state index is -0.187. The fraction of sp³-hybridized carbons (Fsp3) is 0.409. The number of amides is 1. The number of carbonyl (C=O) groups excluding carboxylic acids is 1. The molecule has 1 aliphatic rings. The molecule has 1 atom stereocenters. The van der Waals surface area contributed by atoms with Crippen LogP contribution in [0.2, 0.25) is 0 Å². The fourth-order valence-electron chi connectivity index (χ4n) is 3.77. The average molecular weight is 415 g/mol. The van der Waals surface area contributed by atoms with E-state index in [1.54, 1.807) is 34.8 Å². The van der Waals surface area contributed by atoms with Crippen LogP contribution < -0.4 is 5.32 Å². The number of hydrogen-bond donors (Lipinski definition) is 1. The lowest BCUT2D eigenvalue weighted by molar-refractivity contribution is 0.0996. The Morgan fingerprint density at radius 3 is 2.79 bits per heavy atom. The molecule has 1 amide bonds. The Morgan fingerprint density at radius 1 is 1.32 bits per heavy atom. The second-order valence-electron chi connectivity index (χ2n) is 7.42. The molecule has 4 rings (SSSR count). The van der Waals surface area contributed by atoms with Gasteiger partial charge in [0.25, 0.3) is 5.91 Å². The van der Waals surface area contributed by atoms with Gasteiger partial charge in [-0.25, -0.2) is 0 Å². The van der Waals surface area contributed by atoms with E-state index in [0.717, 1.165) is 30.4 Å². The van der Waals surface area contributed by atoms with Crippen molar-refractivity contribution in [2.24, 2.45) is 5.92 Å². The Morgan fingerprint density at radius 2 is 2.14 bits per heavy atom. The Bertz CT molecular complexity index is 891. The van der Waals surface area contributed by atoms with Crippen LogP contribution in [0.25, 0.3) is 0 Å². The number of thiophene rings is 2. The van der Waals surface area contributed by atoms with Gasteiger partial charge in [0.05, 0.1) is 12.3 Å². The van der Waals surface area contributed by atoms with Gasteiger partial charge in [-0.15, -0.1) is 22.7 Å². The van der Waals surface area contributed by atoms with Crippen LogP contribution in [0.15, 0.2) is 46.4 Å². The highest BCUT2D eigenvalue weighted by Gasteiger charge is 2.30. The van der Waals surface area contributed by atoms with E-state index in [0.29, 0.717) is 5.76 Å². The molecule has 3 aromatic heterocycles. The number of carbonyl (C=O) groups is 1. The number of anilines is 1. The van der Waals surface area contributed by atoms with E-state index in [1.165, 1.54) is 34.4 Å². The maximum atomic E-state index is 12.6. The quantitative estimate of drug-likeness (QED) is 0.535. The Kier molecular flexibility index (Phi) is 5.99. The summed E-state index contributed by atoms with van der Waals surface area (Å²) in [5.74, 6) is 0.942. The summed E-state index contributed by atoms with van der Waals surface area (Å²) in [7, 11) is 0. The summed E-state index contributed by atoms with van der Waals surface area (Å²) in [5, 5.41) is 6.20. The second kappa shape index (κ2) is 8.64. The van der Waals surface area contributed by atoms with E-state index in [1.807, 2.05) is 0 Å². The van der Waals surface area contributed by atoms with Crippen LogP contribution in [0, 0.1) is 5.92 Å². The first kappa shape index (κ1) is 19.4. The number of furan rings is 1. The zero-order valence-electron chi connectivity index (χ0n) is 16.3. The molecule has 0 aromatic carbocycles. The summed E-state index contributed by atoms with van der Waals surface area (Å²) in [4.78, 5) is 17.8. The lowest BCUT2D eigenvalue weighted by atomic mass is 9.95. The molecule has 3 aromatic rings. The predicted octanol–water partition coefficient (Wildman–Crippen LogP) is 6.04. The first-order valence-corrected chi connectivity index (χ1v) is 11.6. The van der Waals surface area contributed by atoms with Gasteiger partial charge in [-0.05, 0) is 67.9 Å². The zero-order chi connectivity index (χ0) is 19.5. The predicted molar refractivity (Wildman–Crippen MR) is 116 cm³/mol. The number of nitrogens with one attached hydrogen (secondary N) is 1. The molecule has 4 nitrogen and oxygen atoms in total. The monoisotopic (exact) mass is 414 g/mol. The molecule has 0 saturated carbocycles. The van der Waals surface area contributed by atoms with Gasteiger partial charge in [0.2, 0.25) is 0 Å². The number of piperidine rings is 1. The van der Waals surface area contributed by atoms with Gasteiger partial charge >= 0.3 is 0 Å². The minimum absolute atomic E-state index is 0.187. The lowest BCUT2D eigenvalue weighted by Gasteiger charge is -2.36. The molecule has 28 heavy (non-hydrogen) atoms. The molecule has 1 fully saturated rings. The molecular formula is C22H26N2O2S2. The molecule has 1 saturated heterocycles. The van der Waals surface area contributed by atoms with Crippen molar-refractivity contribution in [2.45, 2.75) is 39.2 Å². The maximum Gasteiger partial charge on any atom is 0.291 e. The highest BCUT2D eigenvalue weighted by molar-refractivity contribution is 7.16. The summed E-state index contributed by atoms with van der Waals surface area (Å²) in [6.45, 7) is 6.68. The van der Waals surface area contributed by atoms with Crippen LogP contribution in [-0.2, 0) is 6.42 Å². The summed E-state index contributed by atoms with van der Waals surface area (Å²) in [5.41, 5.74) is 1.21. The van der Waals surface area contributed by atoms with Gasteiger partial charge < -0.3 is 9.73 Å². The average Bonchev–Trinajstić information content (AvgIpc) is 3.46. The standard InChI is InChI=1S/C22H26N2O2S2/c1-3-16-14-17(22(28-16)23-21(25)18-6-4-12-26-18)20(19-7-5-13-27-19)24-10-8-15(2)9-11-24/h4-7,12-15,20H,3,8-11H2,1-2H3,(H,23,25). The number of hydrogen-bond acceptors (Lipinski definition) is 5. The van der Waals surface area contributed by atoms with Crippen molar-refractivity contribution in [1.82, 2.24) is 4.90 Å². The van der Waals surface area contributed by atoms with Gasteiger partial charge in [-0.2, -0.15) is 0 Å². The first-order chi connectivity index (χ1) is 13.7. The molecule has 1 N–H and O–H groups in total. The Labute approximate surface area is 174 Å². The summed E-state index contributed by atoms with van der Waals surface area (Å²) >= 11 is 3.47. The third-order valence-electron chi connectivity index (χ3n) is 5.42. The van der Waals surface area contributed by atoms with Gasteiger partial charge in [0, 0.05) is 15.3 Å². The van der Waals surface area contributed by atoms with Crippen molar-refractivity contribution in [3.05, 3.63) is 63.1 Å². The van der Waals surface area contributed by atoms with Crippen LogP contribution in [0.3, 0.4) is 0 Å². The number of likely N-dealkylation sites (tertiary alicyclic amines) is 1. The summed E-state index contributed by atoms with van der Waals surface area (Å²) in [6, 6.07) is 10.3. The molecular weight excluding hydrogens is 388 g/mol. The zero-order valence-corrected chi connectivity index (χ0v) is 17.9. The SMILES string of the molecule is CCc1cc(C(c2cccs2)N2CCC(C)CC2)c(NC(=O)c2ccco2)s1. The number of aryl methyl sites for hydroxylation is 1. The van der Waals surface area contributed by atoms with E-state index in [2.05, 4.69) is 47.6 Å². The first-order valence-electron chi connectivity index (χ1n) is 9.90. The third kappa shape index (κ3) is 4.09. The van der Waals surface area contributed by atoms with Crippen LogP contribution in [0.1, 0.15) is 58.6 Å². The van der Waals surface area contributed by atoms with E-state index >= 15 is 0 Å². The maximum absolute atomic E-state index is 12.6. The van der Waals surface area contributed by atoms with Gasteiger partial charge in [0.15, 0.2) is 5.76 Å². The van der Waals surface area contributed by atoms with Crippen LogP contribution >= 0.6 is 22.7 Å². The van der Waals surface area contributed by atoms with Gasteiger partial charge in [-0.1, -0.05) is 19.9 Å². The van der Waals surface area contributed by atoms with E-state index in [9.17, 15) is 4.79 Å². The lowest BCUT2D eigenvalue weighted by Crippen LogP contribution is -2.36.